The molecule has 0 aliphatic rings. The van der Waals surface area contributed by atoms with Crippen molar-refractivity contribution in [1.82, 2.24) is 5.32 Å². The second kappa shape index (κ2) is 7.29. The van der Waals surface area contributed by atoms with Gasteiger partial charge in [0.1, 0.15) is 6.04 Å². The standard InChI is InChI=1S/C16H25NO2/c1-6-19-16(18)15(17-12(4)5)14-9-7-13(8-10-14)11(2)3/h7-12,15,17H,6H2,1-5H3. The maximum atomic E-state index is 12.0. The fraction of sp³-hybridized carbons (Fsp3) is 0.562. The van der Waals surface area contributed by atoms with Gasteiger partial charge in [0.25, 0.3) is 0 Å². The molecular weight excluding hydrogens is 238 g/mol. The van der Waals surface area contributed by atoms with Crippen LogP contribution in [-0.2, 0) is 9.53 Å². The molecule has 0 saturated carbocycles. The van der Waals surface area contributed by atoms with E-state index in [0.717, 1.165) is 5.56 Å². The van der Waals surface area contributed by atoms with E-state index >= 15 is 0 Å². The molecule has 1 unspecified atom stereocenters. The molecule has 1 rings (SSSR count). The number of carbonyl (C=O) groups is 1. The maximum absolute atomic E-state index is 12.0. The van der Waals surface area contributed by atoms with E-state index in [4.69, 9.17) is 4.74 Å². The first kappa shape index (κ1) is 15.7. The van der Waals surface area contributed by atoms with Gasteiger partial charge in [-0.25, -0.2) is 4.79 Å². The van der Waals surface area contributed by atoms with Gasteiger partial charge in [-0.05, 0) is 37.8 Å². The third kappa shape index (κ3) is 4.67. The Hall–Kier alpha value is -1.35. The van der Waals surface area contributed by atoms with Crippen LogP contribution in [0.2, 0.25) is 0 Å². The molecule has 0 fully saturated rings. The second-order valence-corrected chi connectivity index (χ2v) is 5.33. The Bertz CT molecular complexity index is 396. The monoisotopic (exact) mass is 263 g/mol. The molecule has 3 heteroatoms. The lowest BCUT2D eigenvalue weighted by Crippen LogP contribution is -2.34. The van der Waals surface area contributed by atoms with Crippen LogP contribution >= 0.6 is 0 Å². The van der Waals surface area contributed by atoms with E-state index in [1.54, 1.807) is 0 Å². The Morgan fingerprint density at radius 2 is 1.63 bits per heavy atom. The number of hydrogen-bond acceptors (Lipinski definition) is 3. The summed E-state index contributed by atoms with van der Waals surface area (Å²) < 4.78 is 5.14. The van der Waals surface area contributed by atoms with E-state index in [1.807, 2.05) is 32.9 Å². The van der Waals surface area contributed by atoms with Crippen molar-refractivity contribution < 1.29 is 9.53 Å². The van der Waals surface area contributed by atoms with Gasteiger partial charge in [0, 0.05) is 6.04 Å². The van der Waals surface area contributed by atoms with Crippen molar-refractivity contribution in [2.24, 2.45) is 0 Å². The zero-order chi connectivity index (χ0) is 14.4. The first-order valence-electron chi connectivity index (χ1n) is 6.98. The minimum absolute atomic E-state index is 0.214. The van der Waals surface area contributed by atoms with E-state index in [1.165, 1.54) is 5.56 Å². The lowest BCUT2D eigenvalue weighted by molar-refractivity contribution is -0.146. The summed E-state index contributed by atoms with van der Waals surface area (Å²) in [7, 11) is 0. The molecule has 0 aromatic heterocycles. The molecule has 0 bridgehead atoms. The molecule has 0 aliphatic heterocycles. The molecule has 3 nitrogen and oxygen atoms in total. The highest BCUT2D eigenvalue weighted by Crippen LogP contribution is 2.20. The number of esters is 1. The first-order chi connectivity index (χ1) is 8.95. The highest BCUT2D eigenvalue weighted by Gasteiger charge is 2.22. The van der Waals surface area contributed by atoms with Crippen molar-refractivity contribution in [3.63, 3.8) is 0 Å². The van der Waals surface area contributed by atoms with Crippen LogP contribution in [0.1, 0.15) is 57.7 Å². The quantitative estimate of drug-likeness (QED) is 0.799. The number of benzene rings is 1. The predicted octanol–water partition coefficient (Wildman–Crippen LogP) is 3.41. The molecular formula is C16H25NO2. The van der Waals surface area contributed by atoms with Gasteiger partial charge in [-0.15, -0.1) is 0 Å². The van der Waals surface area contributed by atoms with Gasteiger partial charge in [0.2, 0.25) is 0 Å². The molecule has 1 atom stereocenters. The highest BCUT2D eigenvalue weighted by molar-refractivity contribution is 5.77. The van der Waals surface area contributed by atoms with Crippen LogP contribution in [0.5, 0.6) is 0 Å². The smallest absolute Gasteiger partial charge is 0.327 e. The third-order valence-electron chi connectivity index (χ3n) is 2.96. The first-order valence-corrected chi connectivity index (χ1v) is 6.98. The van der Waals surface area contributed by atoms with Crippen molar-refractivity contribution in [1.29, 1.82) is 0 Å². The summed E-state index contributed by atoms with van der Waals surface area (Å²) in [6.45, 7) is 10.6. The van der Waals surface area contributed by atoms with Crippen molar-refractivity contribution in [3.8, 4) is 0 Å². The minimum Gasteiger partial charge on any atom is -0.465 e. The zero-order valence-electron chi connectivity index (χ0n) is 12.6. The summed E-state index contributed by atoms with van der Waals surface area (Å²) in [6.07, 6.45) is 0. The fourth-order valence-electron chi connectivity index (χ4n) is 1.93. The normalized spacial score (nSPS) is 12.8. The number of rotatable bonds is 6. The van der Waals surface area contributed by atoms with Crippen LogP contribution < -0.4 is 5.32 Å². The van der Waals surface area contributed by atoms with Crippen LogP contribution in [0.15, 0.2) is 24.3 Å². The van der Waals surface area contributed by atoms with Gasteiger partial charge in [0.05, 0.1) is 6.61 Å². The lowest BCUT2D eigenvalue weighted by Gasteiger charge is -2.20. The topological polar surface area (TPSA) is 38.3 Å². The molecule has 106 valence electrons. The van der Waals surface area contributed by atoms with Crippen molar-refractivity contribution in [3.05, 3.63) is 35.4 Å². The highest BCUT2D eigenvalue weighted by atomic mass is 16.5. The van der Waals surface area contributed by atoms with Crippen LogP contribution in [0, 0.1) is 0 Å². The molecule has 0 saturated heterocycles. The van der Waals surface area contributed by atoms with E-state index in [0.29, 0.717) is 12.5 Å². The zero-order valence-corrected chi connectivity index (χ0v) is 12.6. The Morgan fingerprint density at radius 3 is 2.05 bits per heavy atom. The number of hydrogen-bond donors (Lipinski definition) is 1. The molecule has 0 radical (unpaired) electrons. The summed E-state index contributed by atoms with van der Waals surface area (Å²) >= 11 is 0. The second-order valence-electron chi connectivity index (χ2n) is 5.33. The third-order valence-corrected chi connectivity index (χ3v) is 2.96. The molecule has 1 aromatic carbocycles. The Kier molecular flexibility index (Phi) is 6.03. The molecule has 19 heavy (non-hydrogen) atoms. The Morgan fingerprint density at radius 1 is 1.11 bits per heavy atom. The SMILES string of the molecule is CCOC(=O)C(NC(C)C)c1ccc(C(C)C)cc1. The minimum atomic E-state index is -0.388. The van der Waals surface area contributed by atoms with Crippen LogP contribution in [0.3, 0.4) is 0 Å². The van der Waals surface area contributed by atoms with Crippen LogP contribution in [0.25, 0.3) is 0 Å². The average molecular weight is 263 g/mol. The summed E-state index contributed by atoms with van der Waals surface area (Å²) in [5.74, 6) is 0.279. The fourth-order valence-corrected chi connectivity index (χ4v) is 1.93. The summed E-state index contributed by atoms with van der Waals surface area (Å²) in [5, 5.41) is 3.25. The van der Waals surface area contributed by atoms with Crippen molar-refractivity contribution in [2.75, 3.05) is 6.61 Å². The van der Waals surface area contributed by atoms with E-state index in [9.17, 15) is 4.79 Å². The predicted molar refractivity (Wildman–Crippen MR) is 78.2 cm³/mol. The number of nitrogens with one attached hydrogen (secondary N) is 1. The van der Waals surface area contributed by atoms with Gasteiger partial charge in [-0.1, -0.05) is 38.1 Å². The van der Waals surface area contributed by atoms with Gasteiger partial charge in [0.15, 0.2) is 0 Å². The molecule has 0 heterocycles. The van der Waals surface area contributed by atoms with Gasteiger partial charge in [-0.3, -0.25) is 5.32 Å². The van der Waals surface area contributed by atoms with E-state index in [2.05, 4.69) is 31.3 Å². The molecule has 1 aromatic rings. The van der Waals surface area contributed by atoms with Gasteiger partial charge >= 0.3 is 5.97 Å². The Labute approximate surface area is 116 Å². The average Bonchev–Trinajstić information content (AvgIpc) is 2.36. The van der Waals surface area contributed by atoms with Gasteiger partial charge in [-0.2, -0.15) is 0 Å². The van der Waals surface area contributed by atoms with Crippen molar-refractivity contribution >= 4 is 5.97 Å². The molecule has 1 N–H and O–H groups in total. The van der Waals surface area contributed by atoms with E-state index in [-0.39, 0.29) is 18.1 Å². The molecule has 0 spiro atoms. The molecule has 0 amide bonds. The van der Waals surface area contributed by atoms with Crippen LogP contribution in [-0.4, -0.2) is 18.6 Å². The van der Waals surface area contributed by atoms with Crippen LogP contribution in [0.4, 0.5) is 0 Å². The number of ether oxygens (including phenoxy) is 1. The largest absolute Gasteiger partial charge is 0.465 e. The Balaban J connectivity index is 2.93. The molecule has 0 aliphatic carbocycles. The maximum Gasteiger partial charge on any atom is 0.327 e. The van der Waals surface area contributed by atoms with Gasteiger partial charge < -0.3 is 4.74 Å². The summed E-state index contributed by atoms with van der Waals surface area (Å²) in [4.78, 5) is 12.0. The number of carbonyl (C=O) groups excluding carboxylic acids is 1. The summed E-state index contributed by atoms with van der Waals surface area (Å²) in [5.41, 5.74) is 2.23. The lowest BCUT2D eigenvalue weighted by atomic mass is 9.99. The summed E-state index contributed by atoms with van der Waals surface area (Å²) in [6, 6.07) is 8.00. The van der Waals surface area contributed by atoms with E-state index < -0.39 is 0 Å². The van der Waals surface area contributed by atoms with Crippen molar-refractivity contribution in [2.45, 2.75) is 52.6 Å².